The molecule has 0 aromatic heterocycles. The first-order valence-corrected chi connectivity index (χ1v) is 12.4. The topological polar surface area (TPSA) is 49.4 Å². The normalized spacial score (nSPS) is 11.6. The first kappa shape index (κ1) is 25.6. The Balaban J connectivity index is 1.94. The predicted octanol–water partition coefficient (Wildman–Crippen LogP) is 5.69. The Kier molecular flexibility index (Phi) is 9.83. The van der Waals surface area contributed by atoms with Crippen LogP contribution in [0.3, 0.4) is 0 Å². The highest BCUT2D eigenvalue weighted by Crippen LogP contribution is 2.19. The van der Waals surface area contributed by atoms with Crippen LogP contribution < -0.4 is 5.32 Å². The van der Waals surface area contributed by atoms with Gasteiger partial charge in [0.2, 0.25) is 11.8 Å². The Morgan fingerprint density at radius 1 is 0.941 bits per heavy atom. The molecule has 0 aliphatic heterocycles. The Bertz CT molecular complexity index is 1070. The van der Waals surface area contributed by atoms with E-state index in [1.807, 2.05) is 54.6 Å². The van der Waals surface area contributed by atoms with Crippen molar-refractivity contribution in [2.45, 2.75) is 45.2 Å². The number of carbonyl (C=O) groups excluding carboxylic acids is 2. The quantitative estimate of drug-likeness (QED) is 0.327. The van der Waals surface area contributed by atoms with Crippen molar-refractivity contribution in [3.05, 3.63) is 106 Å². The number of nitrogens with one attached hydrogen (secondary N) is 1. The maximum Gasteiger partial charge on any atom is 0.243 e. The van der Waals surface area contributed by atoms with Crippen LogP contribution in [0.4, 0.5) is 4.39 Å². The number of amides is 2. The summed E-state index contributed by atoms with van der Waals surface area (Å²) in [5.74, 6) is -0.915. The van der Waals surface area contributed by atoms with Crippen LogP contribution in [-0.2, 0) is 29.0 Å². The standard InChI is InChI=1S/C28H30BrFN2O2/c1-2-3-17-31-28(34)26(18-21-9-5-4-6-10-21)32(20-22-13-15-24(29)16-14-22)27(33)19-23-11-7-8-12-25(23)30/h4-16,26H,2-3,17-20H2,1H3,(H,31,34). The summed E-state index contributed by atoms with van der Waals surface area (Å²) >= 11 is 3.44. The van der Waals surface area contributed by atoms with Gasteiger partial charge in [-0.1, -0.05) is 89.9 Å². The summed E-state index contributed by atoms with van der Waals surface area (Å²) < 4.78 is 15.3. The molecule has 1 N–H and O–H groups in total. The minimum absolute atomic E-state index is 0.114. The summed E-state index contributed by atoms with van der Waals surface area (Å²) in [4.78, 5) is 28.5. The second kappa shape index (κ2) is 13.0. The predicted molar refractivity (Wildman–Crippen MR) is 137 cm³/mol. The van der Waals surface area contributed by atoms with Crippen molar-refractivity contribution in [3.8, 4) is 0 Å². The van der Waals surface area contributed by atoms with E-state index < -0.39 is 11.9 Å². The molecule has 0 aliphatic carbocycles. The van der Waals surface area contributed by atoms with Crippen molar-refractivity contribution >= 4 is 27.7 Å². The highest BCUT2D eigenvalue weighted by atomic mass is 79.9. The Morgan fingerprint density at radius 2 is 1.62 bits per heavy atom. The van der Waals surface area contributed by atoms with Crippen LogP contribution in [0.2, 0.25) is 0 Å². The number of rotatable bonds is 11. The first-order valence-electron chi connectivity index (χ1n) is 11.6. The van der Waals surface area contributed by atoms with Gasteiger partial charge in [-0.2, -0.15) is 0 Å². The zero-order valence-corrected chi connectivity index (χ0v) is 20.9. The van der Waals surface area contributed by atoms with Gasteiger partial charge in [-0.25, -0.2) is 4.39 Å². The van der Waals surface area contributed by atoms with Gasteiger partial charge >= 0.3 is 0 Å². The van der Waals surface area contributed by atoms with E-state index >= 15 is 0 Å². The van der Waals surface area contributed by atoms with Crippen molar-refractivity contribution in [2.75, 3.05) is 6.54 Å². The fraction of sp³-hybridized carbons (Fsp3) is 0.286. The molecular weight excluding hydrogens is 495 g/mol. The average Bonchev–Trinajstić information content (AvgIpc) is 2.84. The zero-order valence-electron chi connectivity index (χ0n) is 19.3. The van der Waals surface area contributed by atoms with E-state index in [4.69, 9.17) is 0 Å². The zero-order chi connectivity index (χ0) is 24.3. The summed E-state index contributed by atoms with van der Waals surface area (Å²) in [6.45, 7) is 2.86. The van der Waals surface area contributed by atoms with Crippen LogP contribution in [0, 0.1) is 5.82 Å². The van der Waals surface area contributed by atoms with Gasteiger partial charge in [-0.05, 0) is 41.3 Å². The number of benzene rings is 3. The summed E-state index contributed by atoms with van der Waals surface area (Å²) in [6.07, 6.45) is 2.08. The van der Waals surface area contributed by atoms with Crippen LogP contribution in [0.25, 0.3) is 0 Å². The molecule has 0 saturated carbocycles. The summed E-state index contributed by atoms with van der Waals surface area (Å²) in [7, 11) is 0. The number of halogens is 2. The summed E-state index contributed by atoms with van der Waals surface area (Å²) in [5, 5.41) is 3.00. The highest BCUT2D eigenvalue weighted by Gasteiger charge is 2.30. The number of unbranched alkanes of at least 4 members (excludes halogenated alkanes) is 1. The molecule has 0 saturated heterocycles. The molecule has 4 nitrogen and oxygen atoms in total. The molecule has 6 heteroatoms. The lowest BCUT2D eigenvalue weighted by atomic mass is 10.0. The molecule has 34 heavy (non-hydrogen) atoms. The second-order valence-electron chi connectivity index (χ2n) is 8.27. The third kappa shape index (κ3) is 7.52. The molecule has 0 aliphatic rings. The van der Waals surface area contributed by atoms with Gasteiger partial charge < -0.3 is 10.2 Å². The number of nitrogens with zero attached hydrogens (tertiary/aromatic N) is 1. The van der Waals surface area contributed by atoms with E-state index in [0.717, 1.165) is 28.4 Å². The molecule has 0 heterocycles. The molecule has 1 atom stereocenters. The minimum Gasteiger partial charge on any atom is -0.354 e. The van der Waals surface area contributed by atoms with Crippen LogP contribution in [0.5, 0.6) is 0 Å². The maximum atomic E-state index is 14.3. The Hall–Kier alpha value is -2.99. The van der Waals surface area contributed by atoms with E-state index in [-0.39, 0.29) is 24.8 Å². The van der Waals surface area contributed by atoms with Crippen molar-refractivity contribution in [2.24, 2.45) is 0 Å². The Morgan fingerprint density at radius 3 is 2.29 bits per heavy atom. The van der Waals surface area contributed by atoms with Crippen molar-refractivity contribution in [3.63, 3.8) is 0 Å². The first-order chi connectivity index (χ1) is 16.5. The van der Waals surface area contributed by atoms with E-state index in [0.29, 0.717) is 18.5 Å². The van der Waals surface area contributed by atoms with E-state index in [2.05, 4.69) is 28.2 Å². The van der Waals surface area contributed by atoms with E-state index in [1.165, 1.54) is 6.07 Å². The van der Waals surface area contributed by atoms with Crippen molar-refractivity contribution in [1.29, 1.82) is 0 Å². The molecule has 0 bridgehead atoms. The van der Waals surface area contributed by atoms with Crippen molar-refractivity contribution < 1.29 is 14.0 Å². The van der Waals surface area contributed by atoms with E-state index in [9.17, 15) is 14.0 Å². The largest absolute Gasteiger partial charge is 0.354 e. The molecule has 3 aromatic rings. The number of carbonyl (C=O) groups is 2. The highest BCUT2D eigenvalue weighted by molar-refractivity contribution is 9.10. The smallest absolute Gasteiger partial charge is 0.243 e. The minimum atomic E-state index is -0.720. The fourth-order valence-corrected chi connectivity index (χ4v) is 4.02. The molecular formula is C28H30BrFN2O2. The van der Waals surface area contributed by atoms with Gasteiger partial charge in [0.1, 0.15) is 11.9 Å². The van der Waals surface area contributed by atoms with Gasteiger partial charge in [0.05, 0.1) is 6.42 Å². The third-order valence-corrected chi connectivity index (χ3v) is 6.20. The van der Waals surface area contributed by atoms with Crippen LogP contribution in [0.1, 0.15) is 36.5 Å². The number of hydrogen-bond donors (Lipinski definition) is 1. The average molecular weight is 525 g/mol. The summed E-state index contributed by atoms with van der Waals surface area (Å²) in [6, 6.07) is 22.9. The van der Waals surface area contributed by atoms with Gasteiger partial charge in [0, 0.05) is 24.0 Å². The fourth-order valence-electron chi connectivity index (χ4n) is 3.75. The lowest BCUT2D eigenvalue weighted by molar-refractivity contribution is -0.140. The lowest BCUT2D eigenvalue weighted by Crippen LogP contribution is -2.51. The van der Waals surface area contributed by atoms with Crippen LogP contribution in [-0.4, -0.2) is 29.3 Å². The molecule has 178 valence electrons. The van der Waals surface area contributed by atoms with E-state index in [1.54, 1.807) is 23.1 Å². The molecule has 3 aromatic carbocycles. The maximum absolute atomic E-state index is 14.3. The number of hydrogen-bond acceptors (Lipinski definition) is 2. The van der Waals surface area contributed by atoms with Gasteiger partial charge in [-0.3, -0.25) is 9.59 Å². The molecule has 0 fully saturated rings. The van der Waals surface area contributed by atoms with Gasteiger partial charge in [-0.15, -0.1) is 0 Å². The second-order valence-corrected chi connectivity index (χ2v) is 9.18. The molecule has 3 rings (SSSR count). The van der Waals surface area contributed by atoms with Crippen molar-refractivity contribution in [1.82, 2.24) is 10.2 Å². The van der Waals surface area contributed by atoms with Crippen LogP contribution >= 0.6 is 15.9 Å². The molecule has 0 radical (unpaired) electrons. The van der Waals surface area contributed by atoms with Crippen LogP contribution in [0.15, 0.2) is 83.3 Å². The monoisotopic (exact) mass is 524 g/mol. The SMILES string of the molecule is CCCCNC(=O)C(Cc1ccccc1)N(Cc1ccc(Br)cc1)C(=O)Cc1ccccc1F. The molecule has 2 amide bonds. The molecule has 1 unspecified atom stereocenters. The summed E-state index contributed by atoms with van der Waals surface area (Å²) in [5.41, 5.74) is 2.17. The molecule has 0 spiro atoms. The lowest BCUT2D eigenvalue weighted by Gasteiger charge is -2.32. The Labute approximate surface area is 209 Å². The van der Waals surface area contributed by atoms with Gasteiger partial charge in [0.15, 0.2) is 0 Å². The third-order valence-electron chi connectivity index (χ3n) is 5.67. The van der Waals surface area contributed by atoms with Gasteiger partial charge in [0.25, 0.3) is 0 Å².